The zero-order chi connectivity index (χ0) is 13.0. The number of hydrogen-bond donors (Lipinski definition) is 0. The summed E-state index contributed by atoms with van der Waals surface area (Å²) >= 11 is 0. The first-order chi connectivity index (χ1) is 8.76. The van der Waals surface area contributed by atoms with Crippen LogP contribution in [0.4, 0.5) is 0 Å². The molecule has 1 aliphatic carbocycles. The van der Waals surface area contributed by atoms with Gasteiger partial charge in [-0.1, -0.05) is 30.3 Å². The lowest BCUT2D eigenvalue weighted by Gasteiger charge is -2.23. The van der Waals surface area contributed by atoms with Gasteiger partial charge in [-0.3, -0.25) is 4.79 Å². The number of amides is 1. The molecule has 94 valence electrons. The van der Waals surface area contributed by atoms with Crippen LogP contribution in [0.5, 0.6) is 0 Å². The molecule has 18 heavy (non-hydrogen) atoms. The fourth-order valence-corrected chi connectivity index (χ4v) is 2.09. The molecule has 1 aliphatic rings. The highest BCUT2D eigenvalue weighted by atomic mass is 16.2. The van der Waals surface area contributed by atoms with Gasteiger partial charge in [0.15, 0.2) is 0 Å². The second-order valence-electron chi connectivity index (χ2n) is 4.79. The first-order valence-corrected chi connectivity index (χ1v) is 6.49. The molecule has 0 N–H and O–H groups in total. The highest BCUT2D eigenvalue weighted by Crippen LogP contribution is 2.30. The maximum absolute atomic E-state index is 12.4. The third kappa shape index (κ3) is 2.89. The molecule has 1 aromatic carbocycles. The molecule has 0 saturated heterocycles. The van der Waals surface area contributed by atoms with Crippen LogP contribution >= 0.6 is 0 Å². The molecule has 1 amide bonds. The zero-order valence-corrected chi connectivity index (χ0v) is 10.7. The Kier molecular flexibility index (Phi) is 3.99. The summed E-state index contributed by atoms with van der Waals surface area (Å²) in [5.41, 5.74) is 0.791. The molecule has 1 saturated carbocycles. The van der Waals surface area contributed by atoms with Crippen molar-refractivity contribution in [2.24, 2.45) is 5.92 Å². The first-order valence-electron chi connectivity index (χ1n) is 6.49. The van der Waals surface area contributed by atoms with Crippen molar-refractivity contribution in [2.75, 3.05) is 13.1 Å². The third-order valence-electron chi connectivity index (χ3n) is 3.38. The molecular weight excluding hydrogens is 224 g/mol. The van der Waals surface area contributed by atoms with Gasteiger partial charge in [-0.2, -0.15) is 5.26 Å². The minimum atomic E-state index is -0.662. The van der Waals surface area contributed by atoms with Crippen molar-refractivity contribution >= 4 is 5.91 Å². The second-order valence-corrected chi connectivity index (χ2v) is 4.79. The van der Waals surface area contributed by atoms with Gasteiger partial charge in [0.2, 0.25) is 5.91 Å². The van der Waals surface area contributed by atoms with Crippen molar-refractivity contribution in [1.29, 1.82) is 5.26 Å². The SMILES string of the molecule is CCN(CC1CC1)C(=O)C(C#N)c1ccccc1. The standard InChI is InChI=1S/C15H18N2O/c1-2-17(11-12-8-9-12)15(18)14(10-16)13-6-4-3-5-7-13/h3-7,12,14H,2,8-9,11H2,1H3. The van der Waals surface area contributed by atoms with Crippen LogP contribution in [-0.2, 0) is 4.79 Å². The minimum Gasteiger partial charge on any atom is -0.341 e. The monoisotopic (exact) mass is 242 g/mol. The summed E-state index contributed by atoms with van der Waals surface area (Å²) in [7, 11) is 0. The molecule has 0 aromatic heterocycles. The molecule has 1 fully saturated rings. The molecule has 3 nitrogen and oxygen atoms in total. The van der Waals surface area contributed by atoms with Crippen LogP contribution in [0.1, 0.15) is 31.2 Å². The molecule has 1 atom stereocenters. The quantitative estimate of drug-likeness (QED) is 0.796. The van der Waals surface area contributed by atoms with Crippen LogP contribution < -0.4 is 0 Å². The van der Waals surface area contributed by atoms with E-state index in [4.69, 9.17) is 0 Å². The first kappa shape index (κ1) is 12.6. The van der Waals surface area contributed by atoms with Crippen LogP contribution in [0.2, 0.25) is 0 Å². The van der Waals surface area contributed by atoms with Crippen LogP contribution in [0, 0.1) is 17.2 Å². The third-order valence-corrected chi connectivity index (χ3v) is 3.38. The Morgan fingerprint density at radius 3 is 2.61 bits per heavy atom. The van der Waals surface area contributed by atoms with Crippen LogP contribution in [-0.4, -0.2) is 23.9 Å². The van der Waals surface area contributed by atoms with E-state index < -0.39 is 5.92 Å². The fraction of sp³-hybridized carbons (Fsp3) is 0.467. The molecule has 0 bridgehead atoms. The predicted octanol–water partition coefficient (Wildman–Crippen LogP) is 2.55. The summed E-state index contributed by atoms with van der Waals surface area (Å²) < 4.78 is 0. The minimum absolute atomic E-state index is 0.0573. The van der Waals surface area contributed by atoms with Crippen LogP contribution in [0.15, 0.2) is 30.3 Å². The summed E-state index contributed by atoms with van der Waals surface area (Å²) in [5.74, 6) is -0.0629. The van der Waals surface area contributed by atoms with Gasteiger partial charge in [0.1, 0.15) is 5.92 Å². The van der Waals surface area contributed by atoms with Crippen molar-refractivity contribution in [3.8, 4) is 6.07 Å². The maximum Gasteiger partial charge on any atom is 0.244 e. The number of nitriles is 1. The highest BCUT2D eigenvalue weighted by Gasteiger charge is 2.30. The molecule has 1 unspecified atom stereocenters. The number of carbonyl (C=O) groups is 1. The zero-order valence-electron chi connectivity index (χ0n) is 10.7. The molecule has 0 aliphatic heterocycles. The number of nitrogens with zero attached hydrogens (tertiary/aromatic N) is 2. The number of benzene rings is 1. The van der Waals surface area contributed by atoms with Crippen molar-refractivity contribution in [3.63, 3.8) is 0 Å². The molecule has 1 aromatic rings. The van der Waals surface area contributed by atoms with Crippen LogP contribution in [0.25, 0.3) is 0 Å². The second kappa shape index (κ2) is 5.68. The fourth-order valence-electron chi connectivity index (χ4n) is 2.09. The summed E-state index contributed by atoms with van der Waals surface area (Å²) in [4.78, 5) is 14.2. The number of hydrogen-bond acceptors (Lipinski definition) is 2. The Hall–Kier alpha value is -1.82. The molecular formula is C15H18N2O. The Bertz CT molecular complexity index is 445. The average molecular weight is 242 g/mol. The molecule has 0 heterocycles. The molecule has 0 spiro atoms. The predicted molar refractivity (Wildman–Crippen MR) is 69.8 cm³/mol. The van der Waals surface area contributed by atoms with E-state index in [9.17, 15) is 10.1 Å². The van der Waals surface area contributed by atoms with Crippen molar-refractivity contribution in [2.45, 2.75) is 25.7 Å². The van der Waals surface area contributed by atoms with Gasteiger partial charge < -0.3 is 4.90 Å². The Morgan fingerprint density at radius 1 is 1.44 bits per heavy atom. The number of carbonyl (C=O) groups excluding carboxylic acids is 1. The number of rotatable bonds is 5. The van der Waals surface area contributed by atoms with Crippen molar-refractivity contribution in [3.05, 3.63) is 35.9 Å². The van der Waals surface area contributed by atoms with Crippen molar-refractivity contribution in [1.82, 2.24) is 4.90 Å². The maximum atomic E-state index is 12.4. The van der Waals surface area contributed by atoms with Gasteiger partial charge in [-0.15, -0.1) is 0 Å². The van der Waals surface area contributed by atoms with Gasteiger partial charge in [-0.05, 0) is 31.2 Å². The topological polar surface area (TPSA) is 44.1 Å². The van der Waals surface area contributed by atoms with E-state index in [2.05, 4.69) is 6.07 Å². The largest absolute Gasteiger partial charge is 0.341 e. The van der Waals surface area contributed by atoms with E-state index >= 15 is 0 Å². The van der Waals surface area contributed by atoms with E-state index in [1.807, 2.05) is 42.2 Å². The molecule has 2 rings (SSSR count). The van der Waals surface area contributed by atoms with Crippen LogP contribution in [0.3, 0.4) is 0 Å². The van der Waals surface area contributed by atoms with Gasteiger partial charge in [0, 0.05) is 13.1 Å². The van der Waals surface area contributed by atoms with Crippen molar-refractivity contribution < 1.29 is 4.79 Å². The summed E-state index contributed by atoms with van der Waals surface area (Å²) in [6.07, 6.45) is 2.43. The van der Waals surface area contributed by atoms with Gasteiger partial charge in [0.05, 0.1) is 6.07 Å². The summed E-state index contributed by atoms with van der Waals surface area (Å²) in [6, 6.07) is 11.4. The van der Waals surface area contributed by atoms with E-state index in [0.29, 0.717) is 12.5 Å². The molecule has 0 radical (unpaired) electrons. The lowest BCUT2D eigenvalue weighted by Crippen LogP contribution is -2.36. The van der Waals surface area contributed by atoms with E-state index in [0.717, 1.165) is 12.1 Å². The summed E-state index contributed by atoms with van der Waals surface area (Å²) in [6.45, 7) is 3.46. The van der Waals surface area contributed by atoms with Gasteiger partial charge in [-0.25, -0.2) is 0 Å². The lowest BCUT2D eigenvalue weighted by atomic mass is 9.99. The number of likely N-dealkylation sites (N-methyl/N-ethyl adjacent to an activating group) is 1. The smallest absolute Gasteiger partial charge is 0.244 e. The van der Waals surface area contributed by atoms with Gasteiger partial charge in [0.25, 0.3) is 0 Å². The average Bonchev–Trinajstić information content (AvgIpc) is 3.22. The van der Waals surface area contributed by atoms with E-state index in [1.54, 1.807) is 0 Å². The Morgan fingerprint density at radius 2 is 2.11 bits per heavy atom. The molecule has 3 heteroatoms. The van der Waals surface area contributed by atoms with E-state index in [1.165, 1.54) is 12.8 Å². The normalized spacial score (nSPS) is 15.8. The Labute approximate surface area is 108 Å². The summed E-state index contributed by atoms with van der Waals surface area (Å²) in [5, 5.41) is 9.25. The Balaban J connectivity index is 2.11. The van der Waals surface area contributed by atoms with Gasteiger partial charge >= 0.3 is 0 Å². The highest BCUT2D eigenvalue weighted by molar-refractivity contribution is 5.86. The lowest BCUT2D eigenvalue weighted by molar-refractivity contribution is -0.131. The van der Waals surface area contributed by atoms with E-state index in [-0.39, 0.29) is 5.91 Å².